The molecule has 0 aliphatic rings. The lowest BCUT2D eigenvalue weighted by Gasteiger charge is -2.18. The molecule has 70 valence electrons. The Morgan fingerprint density at radius 3 is 1.83 bits per heavy atom. The molecule has 0 saturated carbocycles. The Bertz CT molecular complexity index is 180. The van der Waals surface area contributed by atoms with E-state index in [0.717, 1.165) is 6.54 Å². The van der Waals surface area contributed by atoms with Crippen LogP contribution in [0.3, 0.4) is 0 Å². The van der Waals surface area contributed by atoms with Crippen molar-refractivity contribution < 1.29 is 0 Å². The van der Waals surface area contributed by atoms with E-state index in [-0.39, 0.29) is 11.0 Å². The van der Waals surface area contributed by atoms with Crippen LogP contribution < -0.4 is 5.32 Å². The molecule has 0 amide bonds. The Morgan fingerprint density at radius 2 is 1.50 bits per heavy atom. The number of rotatable bonds is 1. The molecule has 0 bridgehead atoms. The summed E-state index contributed by atoms with van der Waals surface area (Å²) in [6.07, 6.45) is 0. The molecule has 0 aromatic rings. The van der Waals surface area contributed by atoms with E-state index in [1.54, 1.807) is 0 Å². The molecule has 0 saturated heterocycles. The maximum absolute atomic E-state index is 3.32. The van der Waals surface area contributed by atoms with Gasteiger partial charge in [0.2, 0.25) is 0 Å². The van der Waals surface area contributed by atoms with Gasteiger partial charge in [-0.05, 0) is 41.5 Å². The largest absolute Gasteiger partial charge is 0.301 e. The molecular weight excluding hydrogens is 146 g/mol. The van der Waals surface area contributed by atoms with Gasteiger partial charge in [0.25, 0.3) is 0 Å². The first kappa shape index (κ1) is 11.5. The van der Waals surface area contributed by atoms with Crippen molar-refractivity contribution in [1.82, 2.24) is 5.32 Å². The lowest BCUT2D eigenvalue weighted by atomic mass is 9.98. The predicted octanol–water partition coefficient (Wildman–Crippen LogP) is 2.42. The summed E-state index contributed by atoms with van der Waals surface area (Å²) < 4.78 is 0. The van der Waals surface area contributed by atoms with Gasteiger partial charge in [0.15, 0.2) is 0 Å². The first-order chi connectivity index (χ1) is 5.21. The van der Waals surface area contributed by atoms with Crippen molar-refractivity contribution in [3.8, 4) is 11.8 Å². The Kier molecular flexibility index (Phi) is 3.80. The fraction of sp³-hybridized carbons (Fsp3) is 0.818. The maximum Gasteiger partial charge on any atom is 0.0580 e. The Balaban J connectivity index is 3.75. The SMILES string of the molecule is CC(C)(C)C#CCNC(C)(C)C. The second-order valence-electron chi connectivity index (χ2n) is 5.16. The fourth-order valence-corrected chi connectivity index (χ4v) is 0.619. The second kappa shape index (κ2) is 3.96. The highest BCUT2D eigenvalue weighted by atomic mass is 14.9. The van der Waals surface area contributed by atoms with Crippen molar-refractivity contribution in [2.75, 3.05) is 6.54 Å². The zero-order valence-electron chi connectivity index (χ0n) is 9.21. The van der Waals surface area contributed by atoms with Crippen molar-refractivity contribution in [2.24, 2.45) is 5.41 Å². The highest BCUT2D eigenvalue weighted by molar-refractivity contribution is 5.08. The van der Waals surface area contributed by atoms with E-state index in [2.05, 4.69) is 58.7 Å². The van der Waals surface area contributed by atoms with E-state index in [4.69, 9.17) is 0 Å². The van der Waals surface area contributed by atoms with Crippen LogP contribution >= 0.6 is 0 Å². The van der Waals surface area contributed by atoms with Crippen LogP contribution in [0, 0.1) is 17.3 Å². The van der Waals surface area contributed by atoms with Crippen LogP contribution in [0.5, 0.6) is 0 Å². The van der Waals surface area contributed by atoms with E-state index < -0.39 is 0 Å². The van der Waals surface area contributed by atoms with Crippen molar-refractivity contribution in [3.05, 3.63) is 0 Å². The Hall–Kier alpha value is -0.480. The highest BCUT2D eigenvalue weighted by Gasteiger charge is 2.06. The zero-order valence-corrected chi connectivity index (χ0v) is 9.21. The van der Waals surface area contributed by atoms with Crippen LogP contribution in [0.1, 0.15) is 41.5 Å². The third-order valence-electron chi connectivity index (χ3n) is 1.17. The van der Waals surface area contributed by atoms with Crippen molar-refractivity contribution in [1.29, 1.82) is 0 Å². The minimum atomic E-state index is 0.125. The molecule has 0 aliphatic carbocycles. The molecule has 12 heavy (non-hydrogen) atoms. The molecule has 0 unspecified atom stereocenters. The van der Waals surface area contributed by atoms with Gasteiger partial charge in [-0.15, -0.1) is 0 Å². The molecule has 0 heterocycles. The van der Waals surface area contributed by atoms with Crippen LogP contribution in [-0.4, -0.2) is 12.1 Å². The first-order valence-electron chi connectivity index (χ1n) is 4.46. The number of hydrogen-bond acceptors (Lipinski definition) is 1. The van der Waals surface area contributed by atoms with E-state index in [0.29, 0.717) is 0 Å². The van der Waals surface area contributed by atoms with Crippen LogP contribution in [-0.2, 0) is 0 Å². The van der Waals surface area contributed by atoms with Crippen LogP contribution in [0.4, 0.5) is 0 Å². The topological polar surface area (TPSA) is 12.0 Å². The summed E-state index contributed by atoms with van der Waals surface area (Å²) in [7, 11) is 0. The molecule has 1 heteroatoms. The molecule has 0 spiro atoms. The summed E-state index contributed by atoms with van der Waals surface area (Å²) in [4.78, 5) is 0. The normalized spacial score (nSPS) is 12.2. The fourth-order valence-electron chi connectivity index (χ4n) is 0.619. The van der Waals surface area contributed by atoms with Crippen molar-refractivity contribution in [3.63, 3.8) is 0 Å². The molecule has 1 nitrogen and oxygen atoms in total. The molecule has 0 radical (unpaired) electrons. The lowest BCUT2D eigenvalue weighted by molar-refractivity contribution is 0.452. The van der Waals surface area contributed by atoms with E-state index >= 15 is 0 Å². The predicted molar refractivity (Wildman–Crippen MR) is 55.0 cm³/mol. The average molecular weight is 167 g/mol. The molecule has 0 aromatic carbocycles. The number of hydrogen-bond donors (Lipinski definition) is 1. The standard InChI is InChI=1S/C11H21N/c1-10(2,3)8-7-9-12-11(4,5)6/h12H,9H2,1-6H3. The Labute approximate surface area is 76.9 Å². The summed E-state index contributed by atoms with van der Waals surface area (Å²) in [5.41, 5.74) is 0.298. The van der Waals surface area contributed by atoms with Gasteiger partial charge in [-0.3, -0.25) is 0 Å². The smallest absolute Gasteiger partial charge is 0.0580 e. The molecule has 0 aromatic heterocycles. The van der Waals surface area contributed by atoms with Gasteiger partial charge in [0, 0.05) is 11.0 Å². The van der Waals surface area contributed by atoms with Gasteiger partial charge in [-0.1, -0.05) is 11.8 Å². The minimum Gasteiger partial charge on any atom is -0.301 e. The van der Waals surface area contributed by atoms with Gasteiger partial charge < -0.3 is 5.32 Å². The van der Waals surface area contributed by atoms with E-state index in [1.165, 1.54) is 0 Å². The van der Waals surface area contributed by atoms with E-state index in [9.17, 15) is 0 Å². The van der Waals surface area contributed by atoms with Crippen LogP contribution in [0.25, 0.3) is 0 Å². The molecule has 1 N–H and O–H groups in total. The molecule has 0 rings (SSSR count). The van der Waals surface area contributed by atoms with Gasteiger partial charge in [-0.25, -0.2) is 0 Å². The second-order valence-corrected chi connectivity index (χ2v) is 5.16. The lowest BCUT2D eigenvalue weighted by Crippen LogP contribution is -2.35. The average Bonchev–Trinajstić information content (AvgIpc) is 1.76. The van der Waals surface area contributed by atoms with Crippen molar-refractivity contribution >= 4 is 0 Å². The van der Waals surface area contributed by atoms with Gasteiger partial charge in [-0.2, -0.15) is 0 Å². The zero-order chi connectivity index (χ0) is 9.83. The third-order valence-corrected chi connectivity index (χ3v) is 1.17. The summed E-state index contributed by atoms with van der Waals surface area (Å²) >= 11 is 0. The van der Waals surface area contributed by atoms with Gasteiger partial charge in [0.1, 0.15) is 0 Å². The summed E-state index contributed by atoms with van der Waals surface area (Å²) in [6.45, 7) is 13.6. The quantitative estimate of drug-likeness (QED) is 0.591. The van der Waals surface area contributed by atoms with Gasteiger partial charge >= 0.3 is 0 Å². The highest BCUT2D eigenvalue weighted by Crippen LogP contribution is 2.09. The summed E-state index contributed by atoms with van der Waals surface area (Å²) in [6, 6.07) is 0. The van der Waals surface area contributed by atoms with Crippen molar-refractivity contribution in [2.45, 2.75) is 47.1 Å². The number of nitrogens with one attached hydrogen (secondary N) is 1. The van der Waals surface area contributed by atoms with Gasteiger partial charge in [0.05, 0.1) is 6.54 Å². The molecule has 0 aliphatic heterocycles. The third kappa shape index (κ3) is 9.52. The summed E-state index contributed by atoms with van der Waals surface area (Å²) in [5, 5.41) is 3.32. The van der Waals surface area contributed by atoms with E-state index in [1.807, 2.05) is 0 Å². The molecule has 0 atom stereocenters. The first-order valence-corrected chi connectivity index (χ1v) is 4.46. The Morgan fingerprint density at radius 1 is 1.00 bits per heavy atom. The van der Waals surface area contributed by atoms with Crippen LogP contribution in [0.15, 0.2) is 0 Å². The maximum atomic E-state index is 3.32. The minimum absolute atomic E-state index is 0.125. The molecular formula is C11H21N. The summed E-state index contributed by atoms with van der Waals surface area (Å²) in [5.74, 6) is 6.30. The molecule has 0 fully saturated rings. The monoisotopic (exact) mass is 167 g/mol. The van der Waals surface area contributed by atoms with Crippen LogP contribution in [0.2, 0.25) is 0 Å².